The zero-order valence-corrected chi connectivity index (χ0v) is 12.3. The van der Waals surface area contributed by atoms with Crippen LogP contribution in [-0.4, -0.2) is 26.3 Å². The van der Waals surface area contributed by atoms with Crippen molar-refractivity contribution >= 4 is 5.69 Å². The molecule has 0 saturated carbocycles. The van der Waals surface area contributed by atoms with Crippen LogP contribution in [0.25, 0.3) is 0 Å². The molecule has 0 unspecified atom stereocenters. The lowest BCUT2D eigenvalue weighted by molar-refractivity contribution is 0.285. The van der Waals surface area contributed by atoms with E-state index in [0.29, 0.717) is 34.4 Å². The van der Waals surface area contributed by atoms with Crippen LogP contribution >= 0.6 is 0 Å². The topological polar surface area (TPSA) is 75.8 Å². The molecule has 0 bridgehead atoms. The number of ether oxygens (including phenoxy) is 4. The Hall–Kier alpha value is -2.63. The maximum Gasteiger partial charge on any atom is 0.185 e. The Balaban J connectivity index is 2.16. The molecule has 0 aliphatic heterocycles. The molecule has 0 aliphatic carbocycles. The summed E-state index contributed by atoms with van der Waals surface area (Å²) in [6, 6.07) is 6.96. The van der Waals surface area contributed by atoms with Crippen molar-refractivity contribution in [3.05, 3.63) is 36.2 Å². The van der Waals surface area contributed by atoms with Crippen molar-refractivity contribution in [1.29, 1.82) is 0 Å². The molecule has 21 heavy (non-hydrogen) atoms. The summed E-state index contributed by atoms with van der Waals surface area (Å²) in [5.74, 6) is 2.39. The van der Waals surface area contributed by atoms with Crippen LogP contribution in [0.5, 0.6) is 23.0 Å². The van der Waals surface area contributed by atoms with Crippen LogP contribution in [0.4, 0.5) is 5.69 Å². The molecule has 2 rings (SSSR count). The molecule has 0 amide bonds. The molecular formula is C15H18N2O4. The Morgan fingerprint density at radius 2 is 1.81 bits per heavy atom. The van der Waals surface area contributed by atoms with E-state index in [-0.39, 0.29) is 6.61 Å². The third-order valence-electron chi connectivity index (χ3n) is 2.95. The standard InChI is InChI=1S/C15H18N2O4/c1-18-10-4-5-13(11(16)8-10)21-9-12-15(20-3)14(19-2)6-7-17-12/h4-8H,9,16H2,1-3H3. The smallest absolute Gasteiger partial charge is 0.185 e. The number of nitrogen functional groups attached to an aromatic ring is 1. The Morgan fingerprint density at radius 1 is 1.00 bits per heavy atom. The largest absolute Gasteiger partial charge is 0.497 e. The summed E-state index contributed by atoms with van der Waals surface area (Å²) < 4.78 is 21.3. The molecule has 0 atom stereocenters. The van der Waals surface area contributed by atoms with E-state index >= 15 is 0 Å². The third kappa shape index (κ3) is 3.28. The van der Waals surface area contributed by atoms with Gasteiger partial charge >= 0.3 is 0 Å². The van der Waals surface area contributed by atoms with Gasteiger partial charge in [0.15, 0.2) is 11.5 Å². The number of hydrogen-bond acceptors (Lipinski definition) is 6. The van der Waals surface area contributed by atoms with E-state index in [1.54, 1.807) is 51.8 Å². The lowest BCUT2D eigenvalue weighted by Crippen LogP contribution is -2.04. The Morgan fingerprint density at radius 3 is 2.43 bits per heavy atom. The lowest BCUT2D eigenvalue weighted by atomic mass is 10.2. The minimum absolute atomic E-state index is 0.219. The highest BCUT2D eigenvalue weighted by atomic mass is 16.5. The van der Waals surface area contributed by atoms with E-state index in [1.165, 1.54) is 0 Å². The van der Waals surface area contributed by atoms with Gasteiger partial charge in [0.25, 0.3) is 0 Å². The molecule has 1 aromatic carbocycles. The normalized spacial score (nSPS) is 10.0. The van der Waals surface area contributed by atoms with Gasteiger partial charge in [-0.2, -0.15) is 0 Å². The number of nitrogens with two attached hydrogens (primary N) is 1. The van der Waals surface area contributed by atoms with Crippen molar-refractivity contribution < 1.29 is 18.9 Å². The first-order valence-corrected chi connectivity index (χ1v) is 6.31. The van der Waals surface area contributed by atoms with Gasteiger partial charge in [0, 0.05) is 18.3 Å². The summed E-state index contributed by atoms with van der Waals surface area (Å²) in [7, 11) is 4.72. The van der Waals surface area contributed by atoms with Crippen molar-refractivity contribution in [2.24, 2.45) is 0 Å². The SMILES string of the molecule is COc1ccc(OCc2nccc(OC)c2OC)c(N)c1. The third-order valence-corrected chi connectivity index (χ3v) is 2.95. The molecule has 1 heterocycles. The number of hydrogen-bond donors (Lipinski definition) is 1. The van der Waals surface area contributed by atoms with Gasteiger partial charge < -0.3 is 24.7 Å². The molecular weight excluding hydrogens is 272 g/mol. The fourth-order valence-electron chi connectivity index (χ4n) is 1.88. The zero-order chi connectivity index (χ0) is 15.2. The molecule has 1 aromatic heterocycles. The highest BCUT2D eigenvalue weighted by Crippen LogP contribution is 2.31. The molecule has 0 fully saturated rings. The fraction of sp³-hybridized carbons (Fsp3) is 0.267. The molecule has 112 valence electrons. The quantitative estimate of drug-likeness (QED) is 0.822. The molecule has 2 aromatic rings. The molecule has 6 heteroatoms. The van der Waals surface area contributed by atoms with Crippen LogP contribution < -0.4 is 24.7 Å². The second-order valence-corrected chi connectivity index (χ2v) is 4.19. The minimum Gasteiger partial charge on any atom is -0.497 e. The second-order valence-electron chi connectivity index (χ2n) is 4.19. The Labute approximate surface area is 123 Å². The van der Waals surface area contributed by atoms with Crippen molar-refractivity contribution in [3.63, 3.8) is 0 Å². The molecule has 0 aliphatic rings. The average molecular weight is 290 g/mol. The lowest BCUT2D eigenvalue weighted by Gasteiger charge is -2.13. The van der Waals surface area contributed by atoms with Gasteiger partial charge in [-0.1, -0.05) is 0 Å². The Bertz CT molecular complexity index is 617. The number of anilines is 1. The summed E-state index contributed by atoms with van der Waals surface area (Å²) in [6.45, 7) is 0.219. The second kappa shape index (κ2) is 6.69. The predicted molar refractivity (Wildman–Crippen MR) is 79.1 cm³/mol. The number of methoxy groups -OCH3 is 3. The summed E-state index contributed by atoms with van der Waals surface area (Å²) >= 11 is 0. The first kappa shape index (κ1) is 14.8. The van der Waals surface area contributed by atoms with Crippen molar-refractivity contribution in [2.75, 3.05) is 27.1 Å². The van der Waals surface area contributed by atoms with E-state index in [4.69, 9.17) is 24.7 Å². The zero-order valence-electron chi connectivity index (χ0n) is 12.3. The first-order valence-electron chi connectivity index (χ1n) is 6.31. The van der Waals surface area contributed by atoms with Gasteiger partial charge in [0.1, 0.15) is 23.8 Å². The predicted octanol–water partition coefficient (Wildman–Crippen LogP) is 2.27. The van der Waals surface area contributed by atoms with Crippen LogP contribution in [0.2, 0.25) is 0 Å². The van der Waals surface area contributed by atoms with Crippen LogP contribution in [0.1, 0.15) is 5.69 Å². The minimum atomic E-state index is 0.219. The van der Waals surface area contributed by atoms with Crippen molar-refractivity contribution in [1.82, 2.24) is 4.98 Å². The molecule has 0 radical (unpaired) electrons. The maximum absolute atomic E-state index is 5.91. The van der Waals surface area contributed by atoms with E-state index in [9.17, 15) is 0 Å². The first-order chi connectivity index (χ1) is 10.2. The van der Waals surface area contributed by atoms with Gasteiger partial charge in [-0.05, 0) is 12.1 Å². The van der Waals surface area contributed by atoms with Crippen LogP contribution in [0.3, 0.4) is 0 Å². The number of benzene rings is 1. The number of rotatable bonds is 6. The summed E-state index contributed by atoms with van der Waals surface area (Å²) in [5.41, 5.74) is 7.03. The van der Waals surface area contributed by atoms with Gasteiger partial charge in [-0.15, -0.1) is 0 Å². The van der Waals surface area contributed by atoms with Crippen molar-refractivity contribution in [2.45, 2.75) is 6.61 Å². The monoisotopic (exact) mass is 290 g/mol. The Kier molecular flexibility index (Phi) is 4.71. The molecule has 6 nitrogen and oxygen atoms in total. The number of aromatic nitrogens is 1. The van der Waals surface area contributed by atoms with Gasteiger partial charge in [-0.3, -0.25) is 4.98 Å². The van der Waals surface area contributed by atoms with Crippen molar-refractivity contribution in [3.8, 4) is 23.0 Å². The van der Waals surface area contributed by atoms with Crippen LogP contribution in [0, 0.1) is 0 Å². The summed E-state index contributed by atoms with van der Waals surface area (Å²) in [6.07, 6.45) is 1.64. The molecule has 2 N–H and O–H groups in total. The maximum atomic E-state index is 5.91. The summed E-state index contributed by atoms with van der Waals surface area (Å²) in [5, 5.41) is 0. The highest BCUT2D eigenvalue weighted by molar-refractivity contribution is 5.56. The average Bonchev–Trinajstić information content (AvgIpc) is 2.52. The van der Waals surface area contributed by atoms with E-state index < -0.39 is 0 Å². The van der Waals surface area contributed by atoms with Gasteiger partial charge in [0.05, 0.1) is 27.0 Å². The van der Waals surface area contributed by atoms with Gasteiger partial charge in [0.2, 0.25) is 0 Å². The van der Waals surface area contributed by atoms with Crippen LogP contribution in [0.15, 0.2) is 30.5 Å². The highest BCUT2D eigenvalue weighted by Gasteiger charge is 2.12. The van der Waals surface area contributed by atoms with E-state index in [1.807, 2.05) is 0 Å². The fourth-order valence-corrected chi connectivity index (χ4v) is 1.88. The molecule has 0 spiro atoms. The van der Waals surface area contributed by atoms with Gasteiger partial charge in [-0.25, -0.2) is 0 Å². The van der Waals surface area contributed by atoms with E-state index in [2.05, 4.69) is 4.98 Å². The van der Waals surface area contributed by atoms with E-state index in [0.717, 1.165) is 0 Å². The number of pyridine rings is 1. The molecule has 0 saturated heterocycles. The summed E-state index contributed by atoms with van der Waals surface area (Å²) in [4.78, 5) is 4.24. The van der Waals surface area contributed by atoms with Crippen LogP contribution in [-0.2, 0) is 6.61 Å². The number of nitrogens with zero attached hydrogens (tertiary/aromatic N) is 1.